The number of thiazole rings is 1. The van der Waals surface area contributed by atoms with E-state index in [2.05, 4.69) is 29.4 Å². The van der Waals surface area contributed by atoms with Gasteiger partial charge in [-0.15, -0.1) is 0 Å². The molecule has 1 amide bonds. The van der Waals surface area contributed by atoms with Crippen LogP contribution >= 0.6 is 11.3 Å². The van der Waals surface area contributed by atoms with E-state index >= 15 is 0 Å². The van der Waals surface area contributed by atoms with Crippen molar-refractivity contribution in [1.29, 1.82) is 0 Å². The summed E-state index contributed by atoms with van der Waals surface area (Å²) in [5, 5.41) is 5.61. The average Bonchev–Trinajstić information content (AvgIpc) is 3.03. The molecule has 24 heavy (non-hydrogen) atoms. The topological polar surface area (TPSA) is 42.0 Å². The number of carbonyl (C=O) groups excluding carboxylic acids is 1. The van der Waals surface area contributed by atoms with Crippen LogP contribution in [-0.4, -0.2) is 10.9 Å². The summed E-state index contributed by atoms with van der Waals surface area (Å²) in [5.74, 6) is -0.124. The van der Waals surface area contributed by atoms with E-state index in [1.165, 1.54) is 16.9 Å². The van der Waals surface area contributed by atoms with Crippen LogP contribution in [0, 0.1) is 13.8 Å². The van der Waals surface area contributed by atoms with Crippen molar-refractivity contribution in [1.82, 2.24) is 4.98 Å². The molecular formula is C20H16N2OS. The maximum Gasteiger partial charge on any atom is 0.258 e. The molecule has 0 bridgehead atoms. The van der Waals surface area contributed by atoms with E-state index in [9.17, 15) is 4.79 Å². The smallest absolute Gasteiger partial charge is 0.258 e. The zero-order valence-corrected chi connectivity index (χ0v) is 14.3. The molecule has 0 unspecified atom stereocenters. The fourth-order valence-electron chi connectivity index (χ4n) is 2.90. The molecule has 1 heterocycles. The van der Waals surface area contributed by atoms with Gasteiger partial charge in [0.1, 0.15) is 0 Å². The molecule has 0 aliphatic heterocycles. The van der Waals surface area contributed by atoms with Gasteiger partial charge in [-0.1, -0.05) is 59.9 Å². The molecule has 0 radical (unpaired) electrons. The van der Waals surface area contributed by atoms with E-state index in [4.69, 9.17) is 0 Å². The minimum Gasteiger partial charge on any atom is -0.298 e. The Balaban J connectivity index is 1.74. The highest BCUT2D eigenvalue weighted by Gasteiger charge is 2.14. The van der Waals surface area contributed by atoms with E-state index in [1.807, 2.05) is 49.4 Å². The van der Waals surface area contributed by atoms with Crippen molar-refractivity contribution < 1.29 is 4.79 Å². The maximum atomic E-state index is 12.7. The Morgan fingerprint density at radius 1 is 0.958 bits per heavy atom. The lowest BCUT2D eigenvalue weighted by Crippen LogP contribution is -2.12. The fourth-order valence-corrected chi connectivity index (χ4v) is 3.91. The minimum atomic E-state index is -0.124. The SMILES string of the molecule is Cc1ccc(C)c2sc(NC(=O)c3cccc4ccccc34)nc12. The molecule has 1 aromatic heterocycles. The van der Waals surface area contributed by atoms with Crippen molar-refractivity contribution in [3.8, 4) is 0 Å². The summed E-state index contributed by atoms with van der Waals surface area (Å²) in [6, 6.07) is 17.8. The largest absolute Gasteiger partial charge is 0.298 e. The van der Waals surface area contributed by atoms with E-state index < -0.39 is 0 Å². The van der Waals surface area contributed by atoms with Gasteiger partial charge in [0.25, 0.3) is 5.91 Å². The maximum absolute atomic E-state index is 12.7. The average molecular weight is 332 g/mol. The van der Waals surface area contributed by atoms with E-state index in [0.29, 0.717) is 10.7 Å². The van der Waals surface area contributed by atoms with Gasteiger partial charge >= 0.3 is 0 Å². The Bertz CT molecular complexity index is 1040. The highest BCUT2D eigenvalue weighted by atomic mass is 32.1. The first-order valence-corrected chi connectivity index (χ1v) is 8.61. The third kappa shape index (κ3) is 2.45. The van der Waals surface area contributed by atoms with E-state index in [1.54, 1.807) is 0 Å². The molecule has 0 spiro atoms. The number of fused-ring (bicyclic) bond motifs is 2. The Morgan fingerprint density at radius 3 is 2.54 bits per heavy atom. The second-order valence-corrected chi connectivity index (χ2v) is 6.88. The number of hydrogen-bond donors (Lipinski definition) is 1. The highest BCUT2D eigenvalue weighted by molar-refractivity contribution is 7.22. The number of rotatable bonds is 2. The van der Waals surface area contributed by atoms with Crippen LogP contribution in [0.4, 0.5) is 5.13 Å². The number of benzene rings is 3. The van der Waals surface area contributed by atoms with Gasteiger partial charge in [0, 0.05) is 5.56 Å². The second-order valence-electron chi connectivity index (χ2n) is 5.88. The molecule has 0 aliphatic rings. The van der Waals surface area contributed by atoms with Crippen molar-refractivity contribution in [3.63, 3.8) is 0 Å². The van der Waals surface area contributed by atoms with Gasteiger partial charge in [0.2, 0.25) is 0 Å². The molecule has 1 N–H and O–H groups in total. The second kappa shape index (κ2) is 5.73. The van der Waals surface area contributed by atoms with Crippen molar-refractivity contribution in [3.05, 3.63) is 71.3 Å². The van der Waals surface area contributed by atoms with Crippen molar-refractivity contribution in [2.75, 3.05) is 5.32 Å². The standard InChI is InChI=1S/C20H16N2OS/c1-12-10-11-13(2)18-17(12)21-20(24-18)22-19(23)16-9-5-7-14-6-3-4-8-15(14)16/h3-11H,1-2H3,(H,21,22,23). The van der Waals surface area contributed by atoms with Crippen LogP contribution in [0.25, 0.3) is 21.0 Å². The summed E-state index contributed by atoms with van der Waals surface area (Å²) < 4.78 is 1.13. The van der Waals surface area contributed by atoms with Gasteiger partial charge < -0.3 is 0 Å². The monoisotopic (exact) mass is 332 g/mol. The summed E-state index contributed by atoms with van der Waals surface area (Å²) in [7, 11) is 0. The number of anilines is 1. The molecular weight excluding hydrogens is 316 g/mol. The number of carbonyl (C=O) groups is 1. The molecule has 3 nitrogen and oxygen atoms in total. The fraction of sp³-hybridized carbons (Fsp3) is 0.100. The van der Waals surface area contributed by atoms with Crippen LogP contribution in [0.15, 0.2) is 54.6 Å². The summed E-state index contributed by atoms with van der Waals surface area (Å²) in [6.45, 7) is 4.11. The number of hydrogen-bond acceptors (Lipinski definition) is 3. The first-order valence-electron chi connectivity index (χ1n) is 7.79. The van der Waals surface area contributed by atoms with Crippen LogP contribution in [0.1, 0.15) is 21.5 Å². The summed E-state index contributed by atoms with van der Waals surface area (Å²) in [5.41, 5.74) is 3.94. The zero-order chi connectivity index (χ0) is 16.7. The highest BCUT2D eigenvalue weighted by Crippen LogP contribution is 2.31. The van der Waals surface area contributed by atoms with Crippen molar-refractivity contribution in [2.24, 2.45) is 0 Å². The lowest BCUT2D eigenvalue weighted by Gasteiger charge is -2.05. The first kappa shape index (κ1) is 14.8. The zero-order valence-electron chi connectivity index (χ0n) is 13.5. The summed E-state index contributed by atoms with van der Waals surface area (Å²) >= 11 is 1.52. The number of nitrogens with zero attached hydrogens (tertiary/aromatic N) is 1. The minimum absolute atomic E-state index is 0.124. The molecule has 0 aliphatic carbocycles. The molecule has 4 aromatic rings. The van der Waals surface area contributed by atoms with Crippen LogP contribution in [0.5, 0.6) is 0 Å². The summed E-state index contributed by atoms with van der Waals surface area (Å²) in [6.07, 6.45) is 0. The number of aromatic nitrogens is 1. The van der Waals surface area contributed by atoms with Crippen LogP contribution in [0.2, 0.25) is 0 Å². The van der Waals surface area contributed by atoms with Gasteiger partial charge in [-0.05, 0) is 41.8 Å². The van der Waals surface area contributed by atoms with Crippen molar-refractivity contribution in [2.45, 2.75) is 13.8 Å². The van der Waals surface area contributed by atoms with Crippen LogP contribution in [-0.2, 0) is 0 Å². The lowest BCUT2D eigenvalue weighted by molar-refractivity contribution is 0.102. The number of aryl methyl sites for hydroxylation is 2. The third-order valence-electron chi connectivity index (χ3n) is 4.20. The predicted octanol–water partition coefficient (Wildman–Crippen LogP) is 5.32. The number of amides is 1. The Hall–Kier alpha value is -2.72. The van der Waals surface area contributed by atoms with Crippen molar-refractivity contribution >= 4 is 43.4 Å². The van der Waals surface area contributed by atoms with Crippen LogP contribution < -0.4 is 5.32 Å². The van der Waals surface area contributed by atoms with Gasteiger partial charge in [-0.2, -0.15) is 0 Å². The van der Waals surface area contributed by atoms with Gasteiger partial charge in [-0.3, -0.25) is 10.1 Å². The Labute approximate surface area is 144 Å². The van der Waals surface area contributed by atoms with E-state index in [0.717, 1.165) is 26.6 Å². The number of nitrogens with one attached hydrogen (secondary N) is 1. The van der Waals surface area contributed by atoms with Crippen LogP contribution in [0.3, 0.4) is 0 Å². The molecule has 0 atom stereocenters. The Kier molecular flexibility index (Phi) is 3.54. The molecule has 0 saturated carbocycles. The van der Waals surface area contributed by atoms with E-state index in [-0.39, 0.29) is 5.91 Å². The normalized spacial score (nSPS) is 11.1. The first-order chi connectivity index (χ1) is 11.6. The van der Waals surface area contributed by atoms with Gasteiger partial charge in [0.05, 0.1) is 10.2 Å². The molecule has 4 heteroatoms. The quantitative estimate of drug-likeness (QED) is 0.540. The molecule has 0 saturated heterocycles. The molecule has 0 fully saturated rings. The Morgan fingerprint density at radius 2 is 1.71 bits per heavy atom. The van der Waals surface area contributed by atoms with Gasteiger partial charge in [-0.25, -0.2) is 4.98 Å². The van der Waals surface area contributed by atoms with Gasteiger partial charge in [0.15, 0.2) is 5.13 Å². The molecule has 4 rings (SSSR count). The predicted molar refractivity (Wildman–Crippen MR) is 101 cm³/mol. The molecule has 118 valence electrons. The summed E-state index contributed by atoms with van der Waals surface area (Å²) in [4.78, 5) is 17.3. The third-order valence-corrected chi connectivity index (χ3v) is 5.30. The lowest BCUT2D eigenvalue weighted by atomic mass is 10.0. The molecule has 3 aromatic carbocycles.